The van der Waals surface area contributed by atoms with Gasteiger partial charge in [-0.05, 0) is 132 Å². The maximum atomic E-state index is 10.5. The lowest BCUT2D eigenvalue weighted by Crippen LogP contribution is -2.26. The first-order valence-electron chi connectivity index (χ1n) is 20.4. The molecule has 55 heavy (non-hydrogen) atoms. The number of carbonyl (C=O) groups is 4. The molecule has 332 valence electrons. The number of aliphatic hydroxyl groups excluding tert-OH is 2. The molecule has 0 aromatic heterocycles. The molecular weight excluding hydrogens is 802 g/mol. The number of hydrogen-bond acceptors (Lipinski definition) is 6. The summed E-state index contributed by atoms with van der Waals surface area (Å²) in [5.74, 6) is -2.56. The molecule has 0 aromatic rings. The van der Waals surface area contributed by atoms with Crippen LogP contribution in [0.3, 0.4) is 0 Å². The molecule has 5 saturated carbocycles. The van der Waals surface area contributed by atoms with Crippen LogP contribution < -0.4 is 0 Å². The van der Waals surface area contributed by atoms with Gasteiger partial charge < -0.3 is 41.6 Å². The number of carboxylic acids is 4. The molecule has 0 amide bonds. The summed E-state index contributed by atoms with van der Waals surface area (Å²) >= 11 is 19.1. The third kappa shape index (κ3) is 20.7. The minimum absolute atomic E-state index is 0. The standard InChI is InChI=1S/2C10H18O.2C8H12O4.2CH2Cl2.CH4.2H2O.2H2/c1-9(2)7-4-5-10(9,3)6-8(7)11;1-8(2)10-5-3-9(7-11)4-6-10;2*9-7(10)5-1-2-6(4-3-5)8(11)12;2*2-1-3;;;;;/h7-8,11H,4-6H2,1-3H3;9-11H,1,3-7H2,2H3;2*5-6H,1-4H2,(H,9,10)(H,11,12);2*1H2;1H4;2*1H2;2*1H/t7-,8-,10+;;;;;;;;;;/m1........../s1/i;;;;;;;;;2*1+2T. The maximum absolute atomic E-state index is 10.5. The maximum Gasteiger partial charge on any atom is 0.306 e. The van der Waals surface area contributed by atoms with Crippen LogP contribution in [0.2, 0.25) is 0 Å². The van der Waals surface area contributed by atoms with Gasteiger partial charge in [0.05, 0.1) is 40.5 Å². The molecule has 16 heteroatoms. The predicted molar refractivity (Wildman–Crippen MR) is 225 cm³/mol. The molecule has 10 N–H and O–H groups in total. The van der Waals surface area contributed by atoms with Crippen molar-refractivity contribution in [3.63, 3.8) is 0 Å². The van der Waals surface area contributed by atoms with Crippen LogP contribution in [-0.2, 0) is 19.2 Å². The van der Waals surface area contributed by atoms with Gasteiger partial charge in [0.25, 0.3) is 0 Å². The van der Waals surface area contributed by atoms with E-state index < -0.39 is 23.9 Å². The zero-order chi connectivity index (χ0) is 44.2. The van der Waals surface area contributed by atoms with Gasteiger partial charge in [0.15, 0.2) is 0 Å². The molecule has 0 aromatic carbocycles. The van der Waals surface area contributed by atoms with Gasteiger partial charge in [0.1, 0.15) is 0 Å². The summed E-state index contributed by atoms with van der Waals surface area (Å²) in [5.41, 5.74) is 2.13. The summed E-state index contributed by atoms with van der Waals surface area (Å²) in [6, 6.07) is 0. The number of alkyl halides is 4. The second kappa shape index (κ2) is 30.7. The van der Waals surface area contributed by atoms with Gasteiger partial charge in [-0.25, -0.2) is 0 Å². The van der Waals surface area contributed by atoms with E-state index in [-0.39, 0.29) is 58.8 Å². The fourth-order valence-corrected chi connectivity index (χ4v) is 8.26. The molecule has 5 aliphatic rings. The molecule has 0 radical (unpaired) electrons. The normalized spacial score (nSPS) is 30.9. The Labute approximate surface area is 355 Å². The van der Waals surface area contributed by atoms with Crippen LogP contribution in [0, 0.1) is 52.3 Å². The van der Waals surface area contributed by atoms with E-state index in [9.17, 15) is 24.3 Å². The van der Waals surface area contributed by atoms with Gasteiger partial charge in [-0.1, -0.05) is 40.3 Å². The van der Waals surface area contributed by atoms with Crippen molar-refractivity contribution in [1.29, 1.82) is 0 Å². The van der Waals surface area contributed by atoms with Crippen molar-refractivity contribution in [2.24, 2.45) is 52.3 Å². The molecular formula is C39H76Cl4O12. The Morgan fingerprint density at radius 3 is 1.05 bits per heavy atom. The molecule has 2 bridgehead atoms. The van der Waals surface area contributed by atoms with Gasteiger partial charge in [0.2, 0.25) is 0 Å². The third-order valence-corrected chi connectivity index (χ3v) is 12.3. The fraction of sp³-hybridized carbons (Fsp3) is 0.846. The van der Waals surface area contributed by atoms with Gasteiger partial charge in [-0.3, -0.25) is 19.2 Å². The van der Waals surface area contributed by atoms with Crippen molar-refractivity contribution < 1.29 is 66.7 Å². The van der Waals surface area contributed by atoms with E-state index in [4.69, 9.17) is 77.9 Å². The summed E-state index contributed by atoms with van der Waals surface area (Å²) in [6.45, 7) is 13.4. The van der Waals surface area contributed by atoms with E-state index in [1.807, 2.05) is 0 Å². The van der Waals surface area contributed by atoms with Crippen LogP contribution in [0.1, 0.15) is 137 Å². The van der Waals surface area contributed by atoms with Crippen molar-refractivity contribution in [2.75, 3.05) is 17.3 Å². The Kier molecular flexibility index (Phi) is 31.1. The number of carboxylic acid groups (broad SMARTS) is 4. The first-order chi connectivity index (χ1) is 26.3. The monoisotopic (exact) mass is 884 g/mol. The highest BCUT2D eigenvalue weighted by Gasteiger charge is 2.60. The van der Waals surface area contributed by atoms with Crippen molar-refractivity contribution in [3.05, 3.63) is 12.2 Å². The number of hydrogen-bond donors (Lipinski definition) is 6. The second-order valence-corrected chi connectivity index (χ2v) is 17.2. The number of fused-ring (bicyclic) bond motifs is 2. The van der Waals surface area contributed by atoms with E-state index in [0.717, 1.165) is 12.3 Å². The van der Waals surface area contributed by atoms with Crippen LogP contribution >= 0.6 is 46.4 Å². The van der Waals surface area contributed by atoms with E-state index in [2.05, 4.69) is 34.3 Å². The average Bonchev–Trinajstić information content (AvgIpc) is 3.51. The SMILES string of the molecule is C.C=C(C)C1CCC(CO)CC1.CC1(C)[C@@H]2CC[C@@]1(C)C[C@H]2O.ClCCl.ClCCl.O.O.O=C(O)C1CCC(C(=O)O)CC1.O=C(O)C1CCC(C(=O)O)CC1.[3H][3H].[3H][3H]. The lowest BCUT2D eigenvalue weighted by molar-refractivity contribution is -0.148. The molecule has 5 fully saturated rings. The van der Waals surface area contributed by atoms with E-state index in [1.54, 1.807) is 0 Å². The topological polar surface area (TPSA) is 253 Å². The molecule has 0 unspecified atom stereocenters. The van der Waals surface area contributed by atoms with Gasteiger partial charge in [0, 0.05) is 12.5 Å². The fourth-order valence-electron chi connectivity index (χ4n) is 8.26. The first-order valence-corrected chi connectivity index (χ1v) is 20.5. The van der Waals surface area contributed by atoms with Crippen LogP contribution in [-0.4, -0.2) is 88.9 Å². The van der Waals surface area contributed by atoms with E-state index in [0.29, 0.717) is 80.6 Å². The summed E-state index contributed by atoms with van der Waals surface area (Å²) in [7, 11) is 0. The zero-order valence-corrected chi connectivity index (χ0v) is 35.4. The largest absolute Gasteiger partial charge is 0.481 e. The number of aliphatic hydroxyl groups is 2. The Morgan fingerprint density at radius 2 is 0.909 bits per heavy atom. The molecule has 0 aliphatic heterocycles. The van der Waals surface area contributed by atoms with Crippen LogP contribution in [0.15, 0.2) is 12.2 Å². The molecule has 5 aliphatic carbocycles. The molecule has 0 spiro atoms. The number of allylic oxidation sites excluding steroid dienone is 1. The van der Waals surface area contributed by atoms with Gasteiger partial charge in [-0.15, -0.1) is 46.4 Å². The van der Waals surface area contributed by atoms with Crippen molar-refractivity contribution in [3.8, 4) is 0 Å². The summed E-state index contributed by atoms with van der Waals surface area (Å²) in [6.07, 6.45) is 12.5. The summed E-state index contributed by atoms with van der Waals surface area (Å²) in [5, 5.41) is 53.5. The third-order valence-electron chi connectivity index (χ3n) is 12.3. The average molecular weight is 887 g/mol. The molecule has 0 heterocycles. The highest BCUT2D eigenvalue weighted by Crippen LogP contribution is 2.65. The minimum atomic E-state index is -0.793. The number of aliphatic carboxylic acids is 4. The summed E-state index contributed by atoms with van der Waals surface area (Å²) in [4.78, 5) is 41.9. The Balaban J connectivity index is -0.000000145. The smallest absolute Gasteiger partial charge is 0.306 e. The van der Waals surface area contributed by atoms with Crippen molar-refractivity contribution in [1.82, 2.24) is 0 Å². The van der Waals surface area contributed by atoms with E-state index >= 15 is 0 Å². The Bertz CT molecular complexity index is 1020. The second-order valence-electron chi connectivity index (χ2n) is 15.6. The Morgan fingerprint density at radius 1 is 0.636 bits per heavy atom. The minimum Gasteiger partial charge on any atom is -0.481 e. The quantitative estimate of drug-likeness (QED) is 0.109. The van der Waals surface area contributed by atoms with Crippen LogP contribution in [0.4, 0.5) is 0 Å². The first kappa shape index (κ1) is 55.7. The highest BCUT2D eigenvalue weighted by molar-refractivity contribution is 6.41. The molecule has 3 atom stereocenters. The number of halogens is 4. The highest BCUT2D eigenvalue weighted by atomic mass is 35.5. The lowest BCUT2D eigenvalue weighted by Gasteiger charge is -2.33. The van der Waals surface area contributed by atoms with Crippen LogP contribution in [0.5, 0.6) is 0 Å². The van der Waals surface area contributed by atoms with Crippen molar-refractivity contribution in [2.45, 2.75) is 138 Å². The molecule has 0 saturated heterocycles. The van der Waals surface area contributed by atoms with Crippen LogP contribution in [0.25, 0.3) is 0 Å². The summed E-state index contributed by atoms with van der Waals surface area (Å²) < 4.78 is 20.0. The van der Waals surface area contributed by atoms with Gasteiger partial charge >= 0.3 is 23.9 Å². The molecule has 12 nitrogen and oxygen atoms in total. The molecule has 5 rings (SSSR count). The van der Waals surface area contributed by atoms with Crippen molar-refractivity contribution >= 4 is 70.3 Å². The lowest BCUT2D eigenvalue weighted by atomic mass is 9.71. The number of rotatable bonds is 6. The predicted octanol–water partition coefficient (Wildman–Crippen LogP) is 8.80. The zero-order valence-electron chi connectivity index (χ0n) is 36.4. The van der Waals surface area contributed by atoms with E-state index in [1.165, 1.54) is 44.1 Å². The van der Waals surface area contributed by atoms with Gasteiger partial charge in [-0.2, -0.15) is 0 Å². The Hall–Kier alpha value is -1.38.